The predicted octanol–water partition coefficient (Wildman–Crippen LogP) is 5.68. The van der Waals surface area contributed by atoms with E-state index in [0.717, 1.165) is 28.3 Å². The number of non-ortho nitro benzene ring substituents is 1. The molecule has 5 rings (SSSR count). The number of ether oxygens (including phenoxy) is 1. The number of hydrogen-bond donors (Lipinski definition) is 1. The summed E-state index contributed by atoms with van der Waals surface area (Å²) in [6.07, 6.45) is 1.44. The number of carbonyl (C=O) groups excluding carboxylic acids is 3. The van der Waals surface area contributed by atoms with Gasteiger partial charge in [-0.1, -0.05) is 12.1 Å². The summed E-state index contributed by atoms with van der Waals surface area (Å²) in [6.45, 7) is 5.47. The van der Waals surface area contributed by atoms with E-state index in [9.17, 15) is 34.6 Å². The summed E-state index contributed by atoms with van der Waals surface area (Å²) < 4.78 is 7.53. The Morgan fingerprint density at radius 3 is 2.21 bits per heavy atom. The zero-order chi connectivity index (χ0) is 31.0. The molecule has 0 saturated carbocycles. The summed E-state index contributed by atoms with van der Waals surface area (Å²) in [5.41, 5.74) is 2.76. The van der Waals surface area contributed by atoms with Crippen molar-refractivity contribution in [3.8, 4) is 17.2 Å². The molecular formula is C30H23N5O8. The Labute approximate surface area is 243 Å². The minimum atomic E-state index is -0.829. The number of aromatic nitrogens is 1. The molecule has 13 heteroatoms. The standard InChI is InChI=1S/C30H23N5O8/c1-17-5-4-6-22(13-17)33-29(37)25(28(36)31-30(33)38)15-20-14-18(2)32(19(20)3)21-7-10-24(11-8-21)43-27-12-9-23(34(39)40)16-26(27)35(41)42/h4-16H,1-3H3,(H,31,36,38)/b25-15+. The fourth-order valence-corrected chi connectivity index (χ4v) is 4.78. The van der Waals surface area contributed by atoms with Crippen LogP contribution in [0.1, 0.15) is 22.5 Å². The third kappa shape index (κ3) is 5.46. The quantitative estimate of drug-likeness (QED) is 0.126. The molecule has 4 amide bonds. The molecular weight excluding hydrogens is 558 g/mol. The summed E-state index contributed by atoms with van der Waals surface area (Å²) in [6, 6.07) is 17.5. The Morgan fingerprint density at radius 2 is 1.56 bits per heavy atom. The topological polar surface area (TPSA) is 167 Å². The number of aryl methyl sites for hydroxylation is 2. The van der Waals surface area contributed by atoms with Crippen LogP contribution in [0.5, 0.6) is 11.5 Å². The van der Waals surface area contributed by atoms with Crippen molar-refractivity contribution in [2.45, 2.75) is 20.8 Å². The van der Waals surface area contributed by atoms with Gasteiger partial charge in [-0.15, -0.1) is 0 Å². The molecule has 0 unspecified atom stereocenters. The molecule has 43 heavy (non-hydrogen) atoms. The van der Waals surface area contributed by atoms with E-state index >= 15 is 0 Å². The molecule has 1 saturated heterocycles. The van der Waals surface area contributed by atoms with Gasteiger partial charge in [0.1, 0.15) is 11.3 Å². The van der Waals surface area contributed by atoms with Gasteiger partial charge in [-0.2, -0.15) is 0 Å². The monoisotopic (exact) mass is 581 g/mol. The number of nitro benzene ring substituents is 2. The van der Waals surface area contributed by atoms with Crippen LogP contribution in [0, 0.1) is 41.0 Å². The Hall–Kier alpha value is -6.11. The smallest absolute Gasteiger partial charge is 0.335 e. The van der Waals surface area contributed by atoms with Crippen molar-refractivity contribution in [2.24, 2.45) is 0 Å². The van der Waals surface area contributed by atoms with Crippen LogP contribution in [0.25, 0.3) is 11.8 Å². The lowest BCUT2D eigenvalue weighted by atomic mass is 10.1. The molecule has 0 bridgehead atoms. The van der Waals surface area contributed by atoms with Crippen LogP contribution in [0.3, 0.4) is 0 Å². The maximum atomic E-state index is 13.3. The van der Waals surface area contributed by atoms with Crippen molar-refractivity contribution < 1.29 is 29.0 Å². The van der Waals surface area contributed by atoms with Gasteiger partial charge in [-0.3, -0.25) is 35.1 Å². The van der Waals surface area contributed by atoms with E-state index in [4.69, 9.17) is 4.74 Å². The van der Waals surface area contributed by atoms with Gasteiger partial charge >= 0.3 is 11.7 Å². The summed E-state index contributed by atoms with van der Waals surface area (Å²) >= 11 is 0. The van der Waals surface area contributed by atoms with E-state index in [1.165, 1.54) is 12.1 Å². The number of benzene rings is 3. The third-order valence-electron chi connectivity index (χ3n) is 6.80. The van der Waals surface area contributed by atoms with Gasteiger partial charge in [-0.05, 0) is 86.5 Å². The number of anilines is 1. The van der Waals surface area contributed by atoms with Crippen molar-refractivity contribution in [1.82, 2.24) is 9.88 Å². The SMILES string of the molecule is Cc1cccc(N2C(=O)NC(=O)/C(=C\c3cc(C)n(-c4ccc(Oc5ccc([N+](=O)[O-])cc5[N+](=O)[O-])cc4)c3C)C2=O)c1. The second-order valence-corrected chi connectivity index (χ2v) is 9.72. The summed E-state index contributed by atoms with van der Waals surface area (Å²) in [5, 5.41) is 24.7. The summed E-state index contributed by atoms with van der Waals surface area (Å²) in [5.74, 6) is -1.44. The van der Waals surface area contributed by atoms with Crippen LogP contribution >= 0.6 is 0 Å². The molecule has 4 aromatic rings. The van der Waals surface area contributed by atoms with Crippen molar-refractivity contribution in [3.63, 3.8) is 0 Å². The summed E-state index contributed by atoms with van der Waals surface area (Å²) in [7, 11) is 0. The zero-order valence-corrected chi connectivity index (χ0v) is 23.1. The second kappa shape index (κ2) is 11.0. The highest BCUT2D eigenvalue weighted by Crippen LogP contribution is 2.35. The highest BCUT2D eigenvalue weighted by Gasteiger charge is 2.37. The lowest BCUT2D eigenvalue weighted by molar-refractivity contribution is -0.394. The van der Waals surface area contributed by atoms with Gasteiger partial charge in [0.15, 0.2) is 0 Å². The highest BCUT2D eigenvalue weighted by molar-refractivity contribution is 6.39. The fraction of sp³-hybridized carbons (Fsp3) is 0.100. The van der Waals surface area contributed by atoms with Crippen molar-refractivity contribution >= 4 is 41.0 Å². The van der Waals surface area contributed by atoms with Crippen LogP contribution in [-0.2, 0) is 9.59 Å². The Morgan fingerprint density at radius 1 is 0.837 bits per heavy atom. The van der Waals surface area contributed by atoms with Gasteiger partial charge in [0.05, 0.1) is 21.6 Å². The van der Waals surface area contributed by atoms with Gasteiger partial charge in [0, 0.05) is 23.1 Å². The Kier molecular flexibility index (Phi) is 7.30. The Balaban J connectivity index is 1.43. The van der Waals surface area contributed by atoms with E-state index in [2.05, 4.69) is 5.32 Å². The maximum Gasteiger partial charge on any atom is 0.335 e. The van der Waals surface area contributed by atoms with Crippen LogP contribution < -0.4 is 15.0 Å². The number of rotatable bonds is 7. The van der Waals surface area contributed by atoms with Gasteiger partial charge in [-0.25, -0.2) is 9.69 Å². The number of imide groups is 2. The average Bonchev–Trinajstić information content (AvgIpc) is 3.23. The first kappa shape index (κ1) is 28.4. The molecule has 1 N–H and O–H groups in total. The van der Waals surface area contributed by atoms with Crippen molar-refractivity contribution in [3.05, 3.63) is 121 Å². The lowest BCUT2D eigenvalue weighted by Gasteiger charge is -2.26. The Bertz CT molecular complexity index is 1870. The highest BCUT2D eigenvalue weighted by atomic mass is 16.6. The summed E-state index contributed by atoms with van der Waals surface area (Å²) in [4.78, 5) is 60.4. The predicted molar refractivity (Wildman–Crippen MR) is 155 cm³/mol. The number of nitrogens with one attached hydrogen (secondary N) is 1. The molecule has 1 aliphatic rings. The van der Waals surface area contributed by atoms with Crippen LogP contribution in [0.2, 0.25) is 0 Å². The minimum Gasteiger partial charge on any atom is -0.450 e. The molecule has 1 aliphatic heterocycles. The van der Waals surface area contributed by atoms with Crippen molar-refractivity contribution in [2.75, 3.05) is 4.90 Å². The number of carbonyl (C=O) groups is 3. The largest absolute Gasteiger partial charge is 0.450 e. The molecule has 0 radical (unpaired) electrons. The normalized spacial score (nSPS) is 14.2. The van der Waals surface area contributed by atoms with Crippen LogP contribution in [0.15, 0.2) is 78.4 Å². The first-order valence-corrected chi connectivity index (χ1v) is 12.8. The number of urea groups is 1. The molecule has 1 aromatic heterocycles. The fourth-order valence-electron chi connectivity index (χ4n) is 4.78. The van der Waals surface area contributed by atoms with Crippen molar-refractivity contribution in [1.29, 1.82) is 0 Å². The molecule has 0 atom stereocenters. The minimum absolute atomic E-state index is 0.154. The van der Waals surface area contributed by atoms with Gasteiger partial charge in [0.25, 0.3) is 17.5 Å². The second-order valence-electron chi connectivity index (χ2n) is 9.72. The van der Waals surface area contributed by atoms with Crippen LogP contribution in [0.4, 0.5) is 21.9 Å². The molecule has 216 valence electrons. The van der Waals surface area contributed by atoms with E-state index in [1.54, 1.807) is 55.5 Å². The average molecular weight is 582 g/mol. The molecule has 3 aromatic carbocycles. The van der Waals surface area contributed by atoms with E-state index in [1.807, 2.05) is 24.5 Å². The molecule has 1 fully saturated rings. The first-order chi connectivity index (χ1) is 20.4. The molecule has 0 aliphatic carbocycles. The zero-order valence-electron chi connectivity index (χ0n) is 23.1. The molecule has 2 heterocycles. The number of barbiturate groups is 1. The number of nitro groups is 2. The van der Waals surface area contributed by atoms with E-state index in [0.29, 0.717) is 22.6 Å². The number of nitrogens with zero attached hydrogens (tertiary/aromatic N) is 4. The van der Waals surface area contributed by atoms with E-state index < -0.39 is 39.1 Å². The number of amides is 4. The molecule has 13 nitrogen and oxygen atoms in total. The van der Waals surface area contributed by atoms with Gasteiger partial charge in [0.2, 0.25) is 5.75 Å². The number of hydrogen-bond acceptors (Lipinski definition) is 8. The first-order valence-electron chi connectivity index (χ1n) is 12.8. The maximum absolute atomic E-state index is 13.3. The van der Waals surface area contributed by atoms with E-state index in [-0.39, 0.29) is 17.1 Å². The van der Waals surface area contributed by atoms with Crippen LogP contribution in [-0.4, -0.2) is 32.3 Å². The lowest BCUT2D eigenvalue weighted by Crippen LogP contribution is -2.54. The third-order valence-corrected chi connectivity index (χ3v) is 6.80. The van der Waals surface area contributed by atoms with Gasteiger partial charge < -0.3 is 9.30 Å². The molecule has 0 spiro atoms.